The first-order valence-corrected chi connectivity index (χ1v) is 6.32. The van der Waals surface area contributed by atoms with Crippen LogP contribution in [0.25, 0.3) is 16.7 Å². The van der Waals surface area contributed by atoms with Gasteiger partial charge in [0.2, 0.25) is 0 Å². The minimum atomic E-state index is 0.439. The van der Waals surface area contributed by atoms with Crippen molar-refractivity contribution in [2.24, 2.45) is 0 Å². The number of nitrogens with zero attached hydrogens (tertiary/aromatic N) is 3. The van der Waals surface area contributed by atoms with E-state index in [0.29, 0.717) is 16.7 Å². The molecular weight excluding hydrogens is 278 g/mol. The number of benzene rings is 1. The minimum Gasteiger partial charge on any atom is -0.493 e. The van der Waals surface area contributed by atoms with Gasteiger partial charge in [-0.25, -0.2) is 9.97 Å². The fraction of sp³-hybridized carbons (Fsp3) is 0.143. The molecule has 2 aromatic heterocycles. The molecule has 3 aromatic rings. The molecule has 0 atom stereocenters. The number of hydrogen-bond donors (Lipinski definition) is 0. The van der Waals surface area contributed by atoms with Crippen LogP contribution in [-0.2, 0) is 0 Å². The molecule has 0 bridgehead atoms. The van der Waals surface area contributed by atoms with Crippen LogP contribution >= 0.6 is 11.6 Å². The summed E-state index contributed by atoms with van der Waals surface area (Å²) in [5.74, 6) is 1.34. The molecule has 0 saturated heterocycles. The van der Waals surface area contributed by atoms with Crippen molar-refractivity contribution in [2.75, 3.05) is 14.2 Å². The van der Waals surface area contributed by atoms with Crippen molar-refractivity contribution in [1.82, 2.24) is 14.5 Å². The Balaban J connectivity index is 2.18. The number of rotatable bonds is 3. The summed E-state index contributed by atoms with van der Waals surface area (Å²) >= 11 is 6.05. The van der Waals surface area contributed by atoms with E-state index in [2.05, 4.69) is 9.97 Å². The molecule has 6 heteroatoms. The van der Waals surface area contributed by atoms with Gasteiger partial charge in [0.15, 0.2) is 11.5 Å². The second-order valence-electron chi connectivity index (χ2n) is 4.13. The maximum Gasteiger partial charge on any atom is 0.162 e. The molecule has 5 nitrogen and oxygen atoms in total. The summed E-state index contributed by atoms with van der Waals surface area (Å²) in [5.41, 5.74) is 1.66. The van der Waals surface area contributed by atoms with E-state index < -0.39 is 0 Å². The molecule has 0 N–H and O–H groups in total. The topological polar surface area (TPSA) is 49.2 Å². The molecule has 0 saturated carbocycles. The summed E-state index contributed by atoms with van der Waals surface area (Å²) in [6.07, 6.45) is 3.34. The van der Waals surface area contributed by atoms with Gasteiger partial charge in [-0.15, -0.1) is 0 Å². The second-order valence-corrected chi connectivity index (χ2v) is 4.48. The number of halogens is 1. The molecule has 0 unspecified atom stereocenters. The number of ether oxygens (including phenoxy) is 2. The summed E-state index contributed by atoms with van der Waals surface area (Å²) in [6, 6.07) is 7.54. The third-order valence-corrected chi connectivity index (χ3v) is 3.38. The van der Waals surface area contributed by atoms with Gasteiger partial charge >= 0.3 is 0 Å². The third kappa shape index (κ3) is 1.96. The molecule has 20 heavy (non-hydrogen) atoms. The van der Waals surface area contributed by atoms with Gasteiger partial charge < -0.3 is 14.0 Å². The SMILES string of the molecule is COc1ccc(-n2ccc3c(Cl)ncnc32)cc1OC. The average molecular weight is 290 g/mol. The first-order valence-electron chi connectivity index (χ1n) is 5.94. The predicted molar refractivity (Wildman–Crippen MR) is 77.0 cm³/mol. The zero-order valence-corrected chi connectivity index (χ0v) is 11.8. The minimum absolute atomic E-state index is 0.439. The van der Waals surface area contributed by atoms with Crippen LogP contribution in [0.2, 0.25) is 5.15 Å². The van der Waals surface area contributed by atoms with Crippen molar-refractivity contribution < 1.29 is 9.47 Å². The van der Waals surface area contributed by atoms with E-state index in [9.17, 15) is 0 Å². The highest BCUT2D eigenvalue weighted by Gasteiger charge is 2.10. The highest BCUT2D eigenvalue weighted by Crippen LogP contribution is 2.31. The number of hydrogen-bond acceptors (Lipinski definition) is 4. The molecule has 0 aliphatic heterocycles. The van der Waals surface area contributed by atoms with Gasteiger partial charge in [0.25, 0.3) is 0 Å². The summed E-state index contributed by atoms with van der Waals surface area (Å²) in [7, 11) is 3.21. The molecule has 0 aliphatic carbocycles. The molecule has 0 spiro atoms. The molecule has 2 heterocycles. The molecule has 0 radical (unpaired) electrons. The predicted octanol–water partition coefficient (Wildman–Crippen LogP) is 3.09. The Bertz CT molecular complexity index is 770. The van der Waals surface area contributed by atoms with E-state index in [1.165, 1.54) is 6.33 Å². The van der Waals surface area contributed by atoms with Crippen molar-refractivity contribution in [2.45, 2.75) is 0 Å². The molecule has 0 fully saturated rings. The molecule has 0 amide bonds. The zero-order valence-electron chi connectivity index (χ0n) is 11.0. The fourth-order valence-electron chi connectivity index (χ4n) is 2.10. The number of fused-ring (bicyclic) bond motifs is 1. The largest absolute Gasteiger partial charge is 0.493 e. The smallest absolute Gasteiger partial charge is 0.162 e. The Hall–Kier alpha value is -2.27. The fourth-order valence-corrected chi connectivity index (χ4v) is 2.29. The first-order chi connectivity index (χ1) is 9.74. The lowest BCUT2D eigenvalue weighted by Crippen LogP contribution is -1.97. The average Bonchev–Trinajstić information content (AvgIpc) is 2.92. The third-order valence-electron chi connectivity index (χ3n) is 3.08. The molecular formula is C14H12ClN3O2. The van der Waals surface area contributed by atoms with Gasteiger partial charge in [-0.3, -0.25) is 0 Å². The van der Waals surface area contributed by atoms with Crippen LogP contribution in [0.3, 0.4) is 0 Å². The Labute approximate surface area is 120 Å². The van der Waals surface area contributed by atoms with E-state index in [-0.39, 0.29) is 0 Å². The van der Waals surface area contributed by atoms with Crippen molar-refractivity contribution in [3.63, 3.8) is 0 Å². The van der Waals surface area contributed by atoms with Crippen molar-refractivity contribution in [1.29, 1.82) is 0 Å². The standard InChI is InChI=1S/C14H12ClN3O2/c1-19-11-4-3-9(7-12(11)20-2)18-6-5-10-13(15)16-8-17-14(10)18/h3-8H,1-2H3. The number of methoxy groups -OCH3 is 2. The van der Waals surface area contributed by atoms with Crippen molar-refractivity contribution >= 4 is 22.6 Å². The number of aromatic nitrogens is 3. The van der Waals surface area contributed by atoms with Crippen LogP contribution < -0.4 is 9.47 Å². The van der Waals surface area contributed by atoms with Crippen LogP contribution in [0.5, 0.6) is 11.5 Å². The molecule has 1 aromatic carbocycles. The summed E-state index contributed by atoms with van der Waals surface area (Å²) in [5, 5.41) is 1.25. The second kappa shape index (κ2) is 5.02. The summed E-state index contributed by atoms with van der Waals surface area (Å²) in [6.45, 7) is 0. The lowest BCUT2D eigenvalue weighted by molar-refractivity contribution is 0.355. The Morgan fingerprint density at radius 1 is 1.05 bits per heavy atom. The molecule has 3 rings (SSSR count). The van der Waals surface area contributed by atoms with Crippen LogP contribution in [0, 0.1) is 0 Å². The first kappa shape index (κ1) is 12.7. The monoisotopic (exact) mass is 289 g/mol. The maximum absolute atomic E-state index is 6.05. The van der Waals surface area contributed by atoms with Gasteiger partial charge in [0, 0.05) is 12.3 Å². The lowest BCUT2D eigenvalue weighted by Gasteiger charge is -2.10. The van der Waals surface area contributed by atoms with Crippen molar-refractivity contribution in [3.8, 4) is 17.2 Å². The van der Waals surface area contributed by atoms with Crippen LogP contribution in [0.4, 0.5) is 0 Å². The Kier molecular flexibility index (Phi) is 3.20. The lowest BCUT2D eigenvalue weighted by atomic mass is 10.2. The summed E-state index contributed by atoms with van der Waals surface area (Å²) in [4.78, 5) is 8.24. The van der Waals surface area contributed by atoms with Crippen LogP contribution in [0.15, 0.2) is 36.8 Å². The summed E-state index contributed by atoms with van der Waals surface area (Å²) < 4.78 is 12.5. The van der Waals surface area contributed by atoms with E-state index in [0.717, 1.165) is 16.7 Å². The van der Waals surface area contributed by atoms with Gasteiger partial charge in [0.05, 0.1) is 25.3 Å². The maximum atomic E-state index is 6.05. The van der Waals surface area contributed by atoms with E-state index in [1.807, 2.05) is 35.0 Å². The van der Waals surface area contributed by atoms with Gasteiger partial charge in [0.1, 0.15) is 17.1 Å². The van der Waals surface area contributed by atoms with E-state index >= 15 is 0 Å². The van der Waals surface area contributed by atoms with E-state index in [1.54, 1.807) is 14.2 Å². The quantitative estimate of drug-likeness (QED) is 0.695. The normalized spacial score (nSPS) is 10.8. The van der Waals surface area contributed by atoms with Gasteiger partial charge in [-0.1, -0.05) is 11.6 Å². The zero-order chi connectivity index (χ0) is 14.1. The van der Waals surface area contributed by atoms with Crippen LogP contribution in [0.1, 0.15) is 0 Å². The van der Waals surface area contributed by atoms with E-state index in [4.69, 9.17) is 21.1 Å². The van der Waals surface area contributed by atoms with Crippen molar-refractivity contribution in [3.05, 3.63) is 41.9 Å². The Morgan fingerprint density at radius 2 is 1.85 bits per heavy atom. The van der Waals surface area contributed by atoms with Gasteiger partial charge in [-0.05, 0) is 18.2 Å². The highest BCUT2D eigenvalue weighted by molar-refractivity contribution is 6.33. The molecule has 102 valence electrons. The highest BCUT2D eigenvalue weighted by atomic mass is 35.5. The molecule has 0 aliphatic rings. The van der Waals surface area contributed by atoms with Crippen LogP contribution in [-0.4, -0.2) is 28.8 Å². The van der Waals surface area contributed by atoms with Gasteiger partial charge in [-0.2, -0.15) is 0 Å². The Morgan fingerprint density at radius 3 is 2.60 bits per heavy atom.